The van der Waals surface area contributed by atoms with Gasteiger partial charge in [-0.3, -0.25) is 4.79 Å². The monoisotopic (exact) mass is 311 g/mol. The van der Waals surface area contributed by atoms with Crippen molar-refractivity contribution in [3.8, 4) is 0 Å². The number of thiophene rings is 1. The molecule has 0 aliphatic heterocycles. The smallest absolute Gasteiger partial charge is 0.261 e. The Bertz CT molecular complexity index is 524. The minimum atomic E-state index is -0.0275. The fraction of sp³-hybridized carbons (Fsp3) is 0.429. The molecule has 2 heterocycles. The second-order valence-corrected chi connectivity index (χ2v) is 6.29. The predicted octanol–water partition coefficient (Wildman–Crippen LogP) is 3.59. The Kier molecular flexibility index (Phi) is 6.08. The first kappa shape index (κ1) is 15.1. The number of carbonyl (C=O) groups is 1. The lowest BCUT2D eigenvalue weighted by Crippen LogP contribution is -2.23. The van der Waals surface area contributed by atoms with Crippen LogP contribution >= 0.6 is 22.9 Å². The van der Waals surface area contributed by atoms with E-state index < -0.39 is 0 Å². The first-order valence-corrected chi connectivity index (χ1v) is 7.94. The van der Waals surface area contributed by atoms with Gasteiger partial charge in [-0.25, -0.2) is 4.98 Å². The first-order chi connectivity index (χ1) is 9.75. The van der Waals surface area contributed by atoms with Gasteiger partial charge in [0.15, 0.2) is 0 Å². The number of halogens is 1. The predicted molar refractivity (Wildman–Crippen MR) is 82.4 cm³/mol. The van der Waals surface area contributed by atoms with Crippen molar-refractivity contribution in [3.63, 3.8) is 0 Å². The van der Waals surface area contributed by atoms with Gasteiger partial charge in [-0.15, -0.1) is 11.3 Å². The van der Waals surface area contributed by atoms with Crippen LogP contribution in [0.4, 0.5) is 0 Å². The molecule has 0 unspecified atom stereocenters. The molecule has 2 aromatic heterocycles. The highest BCUT2D eigenvalue weighted by atomic mass is 35.5. The summed E-state index contributed by atoms with van der Waals surface area (Å²) in [5, 5.41) is 2.91. The maximum atomic E-state index is 11.7. The van der Waals surface area contributed by atoms with Gasteiger partial charge >= 0.3 is 0 Å². The topological polar surface area (TPSA) is 46.9 Å². The number of nitrogens with zero attached hydrogens (tertiary/aromatic N) is 2. The zero-order chi connectivity index (χ0) is 14.2. The summed E-state index contributed by atoms with van der Waals surface area (Å²) in [6.45, 7) is 1.74. The van der Waals surface area contributed by atoms with Crippen molar-refractivity contribution in [1.82, 2.24) is 14.9 Å². The fourth-order valence-corrected chi connectivity index (χ4v) is 2.88. The van der Waals surface area contributed by atoms with Gasteiger partial charge < -0.3 is 9.88 Å². The molecular weight excluding hydrogens is 294 g/mol. The molecule has 108 valence electrons. The van der Waals surface area contributed by atoms with Crippen LogP contribution in [0.15, 0.2) is 30.9 Å². The SMILES string of the molecule is O=C(NCCCCCCn1ccnc1)c1ccc(Cl)s1. The van der Waals surface area contributed by atoms with Crippen LogP contribution in [0.3, 0.4) is 0 Å². The molecule has 0 aliphatic rings. The Morgan fingerprint density at radius 3 is 2.85 bits per heavy atom. The van der Waals surface area contributed by atoms with Gasteiger partial charge in [-0.05, 0) is 25.0 Å². The van der Waals surface area contributed by atoms with Crippen LogP contribution in [-0.4, -0.2) is 22.0 Å². The number of imidazole rings is 1. The van der Waals surface area contributed by atoms with Crippen LogP contribution in [0.1, 0.15) is 35.4 Å². The maximum absolute atomic E-state index is 11.7. The molecule has 1 N–H and O–H groups in total. The Morgan fingerprint density at radius 2 is 2.15 bits per heavy atom. The van der Waals surface area contributed by atoms with Crippen molar-refractivity contribution in [3.05, 3.63) is 40.1 Å². The molecule has 0 radical (unpaired) electrons. The van der Waals surface area contributed by atoms with E-state index in [1.165, 1.54) is 17.8 Å². The fourth-order valence-electron chi connectivity index (χ4n) is 1.92. The number of nitrogens with one attached hydrogen (secondary N) is 1. The first-order valence-electron chi connectivity index (χ1n) is 6.75. The molecule has 6 heteroatoms. The summed E-state index contributed by atoms with van der Waals surface area (Å²) in [6, 6.07) is 3.50. The molecule has 0 fully saturated rings. The van der Waals surface area contributed by atoms with Gasteiger partial charge in [0.1, 0.15) is 0 Å². The summed E-state index contributed by atoms with van der Waals surface area (Å²) in [4.78, 5) is 16.4. The average molecular weight is 312 g/mol. The van der Waals surface area contributed by atoms with E-state index in [4.69, 9.17) is 11.6 Å². The highest BCUT2D eigenvalue weighted by Gasteiger charge is 2.07. The van der Waals surface area contributed by atoms with Crippen LogP contribution in [0.25, 0.3) is 0 Å². The molecule has 0 saturated heterocycles. The van der Waals surface area contributed by atoms with Gasteiger partial charge in [0.25, 0.3) is 5.91 Å². The van der Waals surface area contributed by atoms with Crippen LogP contribution in [0.5, 0.6) is 0 Å². The lowest BCUT2D eigenvalue weighted by Gasteiger charge is -2.04. The number of aromatic nitrogens is 2. The van der Waals surface area contributed by atoms with E-state index >= 15 is 0 Å². The molecule has 0 saturated carbocycles. The summed E-state index contributed by atoms with van der Waals surface area (Å²) in [6.07, 6.45) is 10.1. The molecule has 0 bridgehead atoms. The summed E-state index contributed by atoms with van der Waals surface area (Å²) in [5.41, 5.74) is 0. The zero-order valence-corrected chi connectivity index (χ0v) is 12.8. The minimum absolute atomic E-state index is 0.0275. The minimum Gasteiger partial charge on any atom is -0.351 e. The van der Waals surface area contributed by atoms with Gasteiger partial charge in [0.2, 0.25) is 0 Å². The number of unbranched alkanes of at least 4 members (excludes halogenated alkanes) is 3. The molecule has 0 atom stereocenters. The Morgan fingerprint density at radius 1 is 1.30 bits per heavy atom. The van der Waals surface area contributed by atoms with Gasteiger partial charge in [0, 0.05) is 25.5 Å². The molecule has 20 heavy (non-hydrogen) atoms. The number of hydrogen-bond acceptors (Lipinski definition) is 3. The third-order valence-corrected chi connectivity index (χ3v) is 4.21. The molecule has 2 rings (SSSR count). The molecule has 1 amide bonds. The van der Waals surface area contributed by atoms with Crippen molar-refractivity contribution >= 4 is 28.8 Å². The Labute approximate surface area is 127 Å². The maximum Gasteiger partial charge on any atom is 0.261 e. The third-order valence-electron chi connectivity index (χ3n) is 2.98. The summed E-state index contributed by atoms with van der Waals surface area (Å²) in [7, 11) is 0. The number of aryl methyl sites for hydroxylation is 1. The lowest BCUT2D eigenvalue weighted by molar-refractivity contribution is 0.0957. The number of hydrogen-bond donors (Lipinski definition) is 1. The van der Waals surface area contributed by atoms with Crippen LogP contribution < -0.4 is 5.32 Å². The van der Waals surface area contributed by atoms with Crippen LogP contribution in [0, 0.1) is 0 Å². The molecule has 0 spiro atoms. The second kappa shape index (κ2) is 8.07. The third kappa shape index (κ3) is 4.98. The van der Waals surface area contributed by atoms with E-state index in [2.05, 4.69) is 14.9 Å². The lowest BCUT2D eigenvalue weighted by atomic mass is 10.2. The van der Waals surface area contributed by atoms with Crippen molar-refractivity contribution in [1.29, 1.82) is 0 Å². The average Bonchev–Trinajstić information content (AvgIpc) is 3.08. The largest absolute Gasteiger partial charge is 0.351 e. The normalized spacial score (nSPS) is 10.7. The molecule has 2 aromatic rings. The molecular formula is C14H18ClN3OS. The summed E-state index contributed by atoms with van der Waals surface area (Å²) in [5.74, 6) is -0.0275. The van der Waals surface area contributed by atoms with E-state index in [0.29, 0.717) is 9.21 Å². The van der Waals surface area contributed by atoms with Crippen molar-refractivity contribution in [2.75, 3.05) is 6.54 Å². The molecule has 0 aromatic carbocycles. The van der Waals surface area contributed by atoms with E-state index in [1.54, 1.807) is 18.3 Å². The van der Waals surface area contributed by atoms with E-state index in [0.717, 1.165) is 32.4 Å². The Hall–Kier alpha value is -1.33. The van der Waals surface area contributed by atoms with Gasteiger partial charge in [-0.1, -0.05) is 24.4 Å². The highest BCUT2D eigenvalue weighted by Crippen LogP contribution is 2.21. The Balaban J connectivity index is 1.50. The summed E-state index contributed by atoms with van der Waals surface area (Å²) < 4.78 is 2.73. The van der Waals surface area contributed by atoms with Crippen LogP contribution in [-0.2, 0) is 6.54 Å². The molecule has 0 aliphatic carbocycles. The number of rotatable bonds is 8. The number of amides is 1. The van der Waals surface area contributed by atoms with Crippen molar-refractivity contribution in [2.45, 2.75) is 32.2 Å². The quantitative estimate of drug-likeness (QED) is 0.757. The molecule has 4 nitrogen and oxygen atoms in total. The summed E-state index contributed by atoms with van der Waals surface area (Å²) >= 11 is 7.11. The zero-order valence-electron chi connectivity index (χ0n) is 11.2. The van der Waals surface area contributed by atoms with Gasteiger partial charge in [0.05, 0.1) is 15.5 Å². The highest BCUT2D eigenvalue weighted by molar-refractivity contribution is 7.17. The van der Waals surface area contributed by atoms with E-state index in [-0.39, 0.29) is 5.91 Å². The van der Waals surface area contributed by atoms with Crippen molar-refractivity contribution < 1.29 is 4.79 Å². The van der Waals surface area contributed by atoms with E-state index in [1.807, 2.05) is 12.5 Å². The van der Waals surface area contributed by atoms with Gasteiger partial charge in [-0.2, -0.15) is 0 Å². The standard InChI is InChI=1S/C14H18ClN3OS/c15-13-6-5-12(20-13)14(19)17-7-3-1-2-4-9-18-10-8-16-11-18/h5-6,8,10-11H,1-4,7,9H2,(H,17,19). The number of carbonyl (C=O) groups excluding carboxylic acids is 1. The second-order valence-electron chi connectivity index (χ2n) is 4.57. The van der Waals surface area contributed by atoms with E-state index in [9.17, 15) is 4.79 Å². The van der Waals surface area contributed by atoms with Crippen LogP contribution in [0.2, 0.25) is 4.34 Å². The van der Waals surface area contributed by atoms with Crippen molar-refractivity contribution in [2.24, 2.45) is 0 Å².